The highest BCUT2D eigenvalue weighted by Gasteiger charge is 2.12. The molecule has 0 aliphatic carbocycles. The molecule has 1 N–H and O–H groups in total. The highest BCUT2D eigenvalue weighted by atomic mass is 19.1. The van der Waals surface area contributed by atoms with Crippen LogP contribution in [-0.2, 0) is 14.3 Å². The highest BCUT2D eigenvalue weighted by Crippen LogP contribution is 2.13. The van der Waals surface area contributed by atoms with Gasteiger partial charge >= 0.3 is 5.97 Å². The number of aryl methyl sites for hydroxylation is 1. The van der Waals surface area contributed by atoms with E-state index < -0.39 is 0 Å². The lowest BCUT2D eigenvalue weighted by Crippen LogP contribution is -2.34. The zero-order chi connectivity index (χ0) is 15.8. The van der Waals surface area contributed by atoms with Crippen LogP contribution in [0.15, 0.2) is 18.2 Å². The Morgan fingerprint density at radius 1 is 1.38 bits per heavy atom. The quantitative estimate of drug-likeness (QED) is 0.781. The van der Waals surface area contributed by atoms with E-state index in [0.717, 1.165) is 0 Å². The Hall–Kier alpha value is -1.95. The molecule has 0 heterocycles. The Bertz CT molecular complexity index is 506. The summed E-state index contributed by atoms with van der Waals surface area (Å²) in [5.74, 6) is -0.912. The molecule has 0 atom stereocenters. The Kier molecular flexibility index (Phi) is 6.81. The summed E-state index contributed by atoms with van der Waals surface area (Å²) >= 11 is 0. The summed E-state index contributed by atoms with van der Waals surface area (Å²) in [5.41, 5.74) is 0.952. The maximum Gasteiger partial charge on any atom is 0.306 e. The van der Waals surface area contributed by atoms with Crippen LogP contribution < -0.4 is 5.32 Å². The predicted molar refractivity (Wildman–Crippen MR) is 78.5 cm³/mol. The van der Waals surface area contributed by atoms with Crippen molar-refractivity contribution in [2.45, 2.75) is 20.3 Å². The zero-order valence-electron chi connectivity index (χ0n) is 12.6. The third-order valence-corrected chi connectivity index (χ3v) is 3.13. The van der Waals surface area contributed by atoms with Crippen molar-refractivity contribution in [1.82, 2.24) is 4.90 Å². The molecule has 0 spiro atoms. The number of amides is 1. The molecular formula is C15H21FN2O3. The minimum Gasteiger partial charge on any atom is -0.469 e. The second-order valence-electron chi connectivity index (χ2n) is 4.71. The molecule has 1 aromatic carbocycles. The summed E-state index contributed by atoms with van der Waals surface area (Å²) in [7, 11) is 1.33. The van der Waals surface area contributed by atoms with E-state index in [9.17, 15) is 14.0 Å². The van der Waals surface area contributed by atoms with Gasteiger partial charge in [-0.05, 0) is 31.2 Å². The predicted octanol–water partition coefficient (Wildman–Crippen LogP) is 1.96. The van der Waals surface area contributed by atoms with Crippen LogP contribution in [0.4, 0.5) is 10.1 Å². The number of hydrogen-bond donors (Lipinski definition) is 1. The number of hydrogen-bond acceptors (Lipinski definition) is 4. The van der Waals surface area contributed by atoms with Gasteiger partial charge in [0.2, 0.25) is 5.91 Å². The second kappa shape index (κ2) is 8.36. The van der Waals surface area contributed by atoms with Gasteiger partial charge in [0.25, 0.3) is 0 Å². The van der Waals surface area contributed by atoms with E-state index in [0.29, 0.717) is 24.3 Å². The van der Waals surface area contributed by atoms with Gasteiger partial charge in [0, 0.05) is 12.2 Å². The summed E-state index contributed by atoms with van der Waals surface area (Å²) < 4.78 is 18.0. The molecule has 0 fully saturated rings. The summed E-state index contributed by atoms with van der Waals surface area (Å²) in [4.78, 5) is 24.8. The first-order chi connectivity index (χ1) is 9.96. The second-order valence-corrected chi connectivity index (χ2v) is 4.71. The van der Waals surface area contributed by atoms with Crippen LogP contribution in [0.3, 0.4) is 0 Å². The molecule has 1 aromatic rings. The molecule has 0 aromatic heterocycles. The normalized spacial score (nSPS) is 10.5. The molecule has 6 heteroatoms. The van der Waals surface area contributed by atoms with E-state index in [1.165, 1.54) is 13.2 Å². The van der Waals surface area contributed by atoms with Crippen LogP contribution in [-0.4, -0.2) is 43.5 Å². The van der Waals surface area contributed by atoms with Crippen LogP contribution in [0.2, 0.25) is 0 Å². The molecule has 0 radical (unpaired) electrons. The number of methoxy groups -OCH3 is 1. The lowest BCUT2D eigenvalue weighted by molar-refractivity contribution is -0.141. The van der Waals surface area contributed by atoms with Crippen molar-refractivity contribution in [3.05, 3.63) is 29.6 Å². The fraction of sp³-hybridized carbons (Fsp3) is 0.467. The van der Waals surface area contributed by atoms with Gasteiger partial charge in [-0.1, -0.05) is 13.0 Å². The Morgan fingerprint density at radius 2 is 2.10 bits per heavy atom. The van der Waals surface area contributed by atoms with Crippen molar-refractivity contribution < 1.29 is 18.7 Å². The van der Waals surface area contributed by atoms with Gasteiger partial charge in [0.15, 0.2) is 0 Å². The van der Waals surface area contributed by atoms with Crippen LogP contribution in [0.5, 0.6) is 0 Å². The Labute approximate surface area is 124 Å². The number of esters is 1. The molecular weight excluding hydrogens is 275 g/mol. The molecule has 21 heavy (non-hydrogen) atoms. The van der Waals surface area contributed by atoms with Crippen LogP contribution in [0, 0.1) is 12.7 Å². The maximum absolute atomic E-state index is 13.4. The molecule has 0 unspecified atom stereocenters. The van der Waals surface area contributed by atoms with Gasteiger partial charge in [-0.3, -0.25) is 14.5 Å². The summed E-state index contributed by atoms with van der Waals surface area (Å²) in [6.07, 6.45) is 0.233. The van der Waals surface area contributed by atoms with E-state index in [2.05, 4.69) is 10.1 Å². The van der Waals surface area contributed by atoms with Gasteiger partial charge in [-0.25, -0.2) is 4.39 Å². The first-order valence-electron chi connectivity index (χ1n) is 6.81. The first kappa shape index (κ1) is 17.1. The molecule has 0 saturated heterocycles. The van der Waals surface area contributed by atoms with E-state index >= 15 is 0 Å². The van der Waals surface area contributed by atoms with E-state index in [1.807, 2.05) is 11.8 Å². The standard InChI is InChI=1S/C15H21FN2O3/c1-4-18(8-7-15(20)21-3)10-14(19)17-12-6-5-11(2)13(16)9-12/h5-6,9H,4,7-8,10H2,1-3H3,(H,17,19). The Balaban J connectivity index is 2.50. The van der Waals surface area contributed by atoms with Crippen molar-refractivity contribution in [3.8, 4) is 0 Å². The van der Waals surface area contributed by atoms with Crippen molar-refractivity contribution in [2.75, 3.05) is 32.1 Å². The SMILES string of the molecule is CCN(CCC(=O)OC)CC(=O)Nc1ccc(C)c(F)c1. The van der Waals surface area contributed by atoms with Crippen molar-refractivity contribution >= 4 is 17.6 Å². The molecule has 0 aliphatic heterocycles. The van der Waals surface area contributed by atoms with Crippen LogP contribution >= 0.6 is 0 Å². The van der Waals surface area contributed by atoms with Crippen LogP contribution in [0.1, 0.15) is 18.9 Å². The fourth-order valence-corrected chi connectivity index (χ4v) is 1.77. The summed E-state index contributed by atoms with van der Waals surface area (Å²) in [5, 5.41) is 2.64. The van der Waals surface area contributed by atoms with Gasteiger partial charge in [-0.15, -0.1) is 0 Å². The molecule has 1 amide bonds. The average Bonchev–Trinajstić information content (AvgIpc) is 2.46. The molecule has 1 rings (SSSR count). The van der Waals surface area contributed by atoms with E-state index in [1.54, 1.807) is 19.1 Å². The zero-order valence-corrected chi connectivity index (χ0v) is 12.6. The smallest absolute Gasteiger partial charge is 0.306 e. The van der Waals surface area contributed by atoms with E-state index in [-0.39, 0.29) is 30.7 Å². The fourth-order valence-electron chi connectivity index (χ4n) is 1.77. The van der Waals surface area contributed by atoms with Gasteiger partial charge in [-0.2, -0.15) is 0 Å². The van der Waals surface area contributed by atoms with Gasteiger partial charge < -0.3 is 10.1 Å². The number of nitrogens with one attached hydrogen (secondary N) is 1. The van der Waals surface area contributed by atoms with Crippen molar-refractivity contribution in [2.24, 2.45) is 0 Å². The molecule has 0 saturated carbocycles. The van der Waals surface area contributed by atoms with Gasteiger partial charge in [0.1, 0.15) is 5.82 Å². The van der Waals surface area contributed by atoms with Gasteiger partial charge in [0.05, 0.1) is 20.1 Å². The molecule has 0 aliphatic rings. The maximum atomic E-state index is 13.4. The highest BCUT2D eigenvalue weighted by molar-refractivity contribution is 5.92. The summed E-state index contributed by atoms with van der Waals surface area (Å²) in [6, 6.07) is 4.55. The number of carbonyl (C=O) groups is 2. The number of benzene rings is 1. The first-order valence-corrected chi connectivity index (χ1v) is 6.81. The van der Waals surface area contributed by atoms with Crippen LogP contribution in [0.25, 0.3) is 0 Å². The number of halogens is 1. The minimum absolute atomic E-state index is 0.142. The number of anilines is 1. The third-order valence-electron chi connectivity index (χ3n) is 3.13. The monoisotopic (exact) mass is 296 g/mol. The largest absolute Gasteiger partial charge is 0.469 e. The Morgan fingerprint density at radius 3 is 2.67 bits per heavy atom. The number of nitrogens with zero attached hydrogens (tertiary/aromatic N) is 1. The molecule has 0 bridgehead atoms. The molecule has 116 valence electrons. The molecule has 5 nitrogen and oxygen atoms in total. The topological polar surface area (TPSA) is 58.6 Å². The van der Waals surface area contributed by atoms with Crippen molar-refractivity contribution in [3.63, 3.8) is 0 Å². The average molecular weight is 296 g/mol. The summed E-state index contributed by atoms with van der Waals surface area (Å²) in [6.45, 7) is 4.77. The lowest BCUT2D eigenvalue weighted by Gasteiger charge is -2.19. The lowest BCUT2D eigenvalue weighted by atomic mass is 10.2. The number of rotatable bonds is 7. The minimum atomic E-state index is -0.356. The number of likely N-dealkylation sites (N-methyl/N-ethyl adjacent to an activating group) is 1. The van der Waals surface area contributed by atoms with Crippen molar-refractivity contribution in [1.29, 1.82) is 0 Å². The van der Waals surface area contributed by atoms with E-state index in [4.69, 9.17) is 0 Å². The number of carbonyl (C=O) groups excluding carboxylic acids is 2. The third kappa shape index (κ3) is 5.91. The number of ether oxygens (including phenoxy) is 1.